The van der Waals surface area contributed by atoms with Gasteiger partial charge in [-0.25, -0.2) is 10.1 Å². The summed E-state index contributed by atoms with van der Waals surface area (Å²) in [4.78, 5) is 24.4. The number of carbonyl (C=O) groups excluding carboxylic acids is 2. The maximum Gasteiger partial charge on any atom is 0.259 e. The Morgan fingerprint density at radius 2 is 1.74 bits per heavy atom. The van der Waals surface area contributed by atoms with Gasteiger partial charge in [-0.1, -0.05) is 41.9 Å². The van der Waals surface area contributed by atoms with Crippen molar-refractivity contribution in [1.29, 1.82) is 0 Å². The van der Waals surface area contributed by atoms with Crippen LogP contribution < -0.4 is 15.5 Å². The van der Waals surface area contributed by atoms with Crippen LogP contribution in [0.25, 0.3) is 16.9 Å². The van der Waals surface area contributed by atoms with Crippen LogP contribution in [0.4, 0.5) is 0 Å². The van der Waals surface area contributed by atoms with Crippen molar-refractivity contribution in [2.24, 2.45) is 5.10 Å². The summed E-state index contributed by atoms with van der Waals surface area (Å²) in [6, 6.07) is 23.8. The van der Waals surface area contributed by atoms with Crippen molar-refractivity contribution in [2.45, 2.75) is 0 Å². The van der Waals surface area contributed by atoms with Gasteiger partial charge in [-0.05, 0) is 48.5 Å². The minimum absolute atomic E-state index is 0.254. The van der Waals surface area contributed by atoms with Crippen molar-refractivity contribution in [3.05, 3.63) is 101 Å². The second-order valence-corrected chi connectivity index (χ2v) is 7.80. The first-order valence-electron chi connectivity index (χ1n) is 10.7. The molecule has 0 radical (unpaired) electrons. The third-order valence-corrected chi connectivity index (χ3v) is 5.38. The molecule has 0 aliphatic carbocycles. The highest BCUT2D eigenvalue weighted by Crippen LogP contribution is 2.25. The second-order valence-electron chi connectivity index (χ2n) is 7.40. The number of methoxy groups -OCH3 is 1. The Kier molecular flexibility index (Phi) is 7.54. The summed E-state index contributed by atoms with van der Waals surface area (Å²) in [7, 11) is 1.61. The molecule has 0 unspecified atom stereocenters. The van der Waals surface area contributed by atoms with Gasteiger partial charge in [0.2, 0.25) is 0 Å². The number of rotatable bonds is 8. The molecule has 176 valence electrons. The lowest BCUT2D eigenvalue weighted by atomic mass is 10.1. The zero-order chi connectivity index (χ0) is 24.6. The lowest BCUT2D eigenvalue weighted by molar-refractivity contribution is -0.120. The molecule has 0 spiro atoms. The molecule has 0 atom stereocenters. The lowest BCUT2D eigenvalue weighted by Gasteiger charge is -2.05. The fourth-order valence-corrected chi connectivity index (χ4v) is 3.50. The maximum absolute atomic E-state index is 12.2. The summed E-state index contributed by atoms with van der Waals surface area (Å²) in [5.74, 6) is -0.193. The largest absolute Gasteiger partial charge is 0.497 e. The number of ether oxygens (including phenoxy) is 1. The normalized spacial score (nSPS) is 10.8. The van der Waals surface area contributed by atoms with Crippen LogP contribution in [0.15, 0.2) is 90.2 Å². The van der Waals surface area contributed by atoms with Gasteiger partial charge < -0.3 is 10.1 Å². The van der Waals surface area contributed by atoms with E-state index in [1.807, 2.05) is 60.8 Å². The van der Waals surface area contributed by atoms with Gasteiger partial charge in [0.1, 0.15) is 11.4 Å². The maximum atomic E-state index is 12.2. The van der Waals surface area contributed by atoms with Crippen LogP contribution in [0.2, 0.25) is 5.02 Å². The van der Waals surface area contributed by atoms with Crippen molar-refractivity contribution in [3.63, 3.8) is 0 Å². The minimum atomic E-state index is -0.483. The summed E-state index contributed by atoms with van der Waals surface area (Å²) in [6.45, 7) is -0.254. The summed E-state index contributed by atoms with van der Waals surface area (Å²) in [6.07, 6.45) is 3.34. The SMILES string of the molecule is COc1ccc(-c2nn(-c3ccccc3)cc2/C=N/NC(=O)CNC(=O)c2ccccc2Cl)cc1. The average molecular weight is 488 g/mol. The molecule has 4 rings (SSSR count). The molecular weight excluding hydrogens is 466 g/mol. The smallest absolute Gasteiger partial charge is 0.259 e. The predicted octanol–water partition coefficient (Wildman–Crippen LogP) is 4.08. The van der Waals surface area contributed by atoms with E-state index in [0.29, 0.717) is 21.8 Å². The van der Waals surface area contributed by atoms with Crippen LogP contribution in [0.3, 0.4) is 0 Å². The Labute approximate surface area is 207 Å². The van der Waals surface area contributed by atoms with E-state index in [9.17, 15) is 9.59 Å². The van der Waals surface area contributed by atoms with E-state index in [4.69, 9.17) is 21.4 Å². The van der Waals surface area contributed by atoms with Gasteiger partial charge in [-0.15, -0.1) is 0 Å². The number of para-hydroxylation sites is 1. The number of amides is 2. The lowest BCUT2D eigenvalue weighted by Crippen LogP contribution is -2.35. The van der Waals surface area contributed by atoms with Crippen LogP contribution in [0.5, 0.6) is 5.75 Å². The summed E-state index contributed by atoms with van der Waals surface area (Å²) in [5, 5.41) is 11.6. The molecule has 2 N–H and O–H groups in total. The molecule has 1 aromatic heterocycles. The van der Waals surface area contributed by atoms with E-state index in [0.717, 1.165) is 17.0 Å². The van der Waals surface area contributed by atoms with Gasteiger partial charge >= 0.3 is 0 Å². The zero-order valence-electron chi connectivity index (χ0n) is 18.8. The van der Waals surface area contributed by atoms with Gasteiger partial charge in [-0.3, -0.25) is 9.59 Å². The van der Waals surface area contributed by atoms with Crippen molar-refractivity contribution in [3.8, 4) is 22.7 Å². The third kappa shape index (κ3) is 5.93. The van der Waals surface area contributed by atoms with E-state index >= 15 is 0 Å². The number of nitrogens with one attached hydrogen (secondary N) is 2. The molecule has 8 nitrogen and oxygen atoms in total. The number of hydrogen-bond acceptors (Lipinski definition) is 5. The Morgan fingerprint density at radius 1 is 1.03 bits per heavy atom. The van der Waals surface area contributed by atoms with Crippen LogP contribution in [0, 0.1) is 0 Å². The van der Waals surface area contributed by atoms with Crippen molar-refractivity contribution in [1.82, 2.24) is 20.5 Å². The molecule has 2 amide bonds. The molecule has 0 saturated heterocycles. The Bertz CT molecular complexity index is 1350. The van der Waals surface area contributed by atoms with Crippen molar-refractivity contribution < 1.29 is 14.3 Å². The molecular formula is C26H22ClN5O3. The minimum Gasteiger partial charge on any atom is -0.497 e. The molecule has 35 heavy (non-hydrogen) atoms. The molecule has 0 aliphatic rings. The van der Waals surface area contributed by atoms with E-state index in [2.05, 4.69) is 15.8 Å². The highest BCUT2D eigenvalue weighted by Gasteiger charge is 2.13. The van der Waals surface area contributed by atoms with Crippen molar-refractivity contribution >= 4 is 29.6 Å². The van der Waals surface area contributed by atoms with E-state index in [-0.39, 0.29) is 6.54 Å². The monoisotopic (exact) mass is 487 g/mol. The second kappa shape index (κ2) is 11.1. The highest BCUT2D eigenvalue weighted by atomic mass is 35.5. The number of halogens is 1. The Morgan fingerprint density at radius 3 is 2.46 bits per heavy atom. The number of benzene rings is 3. The average Bonchev–Trinajstić information content (AvgIpc) is 3.32. The summed E-state index contributed by atoms with van der Waals surface area (Å²) >= 11 is 6.01. The molecule has 0 aliphatic heterocycles. The van der Waals surface area contributed by atoms with Crippen LogP contribution in [0.1, 0.15) is 15.9 Å². The number of hydrazone groups is 1. The summed E-state index contributed by atoms with van der Waals surface area (Å²) in [5.41, 5.74) is 5.84. The number of hydrogen-bond donors (Lipinski definition) is 2. The first kappa shape index (κ1) is 23.7. The van der Waals surface area contributed by atoms with E-state index < -0.39 is 11.8 Å². The van der Waals surface area contributed by atoms with Gasteiger partial charge in [0.05, 0.1) is 36.1 Å². The number of nitrogens with zero attached hydrogens (tertiary/aromatic N) is 3. The summed E-state index contributed by atoms with van der Waals surface area (Å²) < 4.78 is 6.98. The van der Waals surface area contributed by atoms with Gasteiger partial charge in [0, 0.05) is 17.3 Å². The molecule has 0 fully saturated rings. The van der Waals surface area contributed by atoms with Gasteiger partial charge in [-0.2, -0.15) is 10.2 Å². The van der Waals surface area contributed by atoms with Gasteiger partial charge in [0.15, 0.2) is 0 Å². The highest BCUT2D eigenvalue weighted by molar-refractivity contribution is 6.33. The fourth-order valence-electron chi connectivity index (χ4n) is 3.28. The molecule has 3 aromatic carbocycles. The van der Waals surface area contributed by atoms with Gasteiger partial charge in [0.25, 0.3) is 11.8 Å². The molecule has 9 heteroatoms. The number of aromatic nitrogens is 2. The molecule has 1 heterocycles. The first-order chi connectivity index (χ1) is 17.0. The van der Waals surface area contributed by atoms with Crippen molar-refractivity contribution in [2.75, 3.05) is 13.7 Å². The standard InChI is InChI=1S/C26H22ClN5O3/c1-35-21-13-11-18(12-14-21)25-19(17-32(31-25)20-7-3-2-4-8-20)15-29-30-24(33)16-28-26(34)22-9-5-6-10-23(22)27/h2-15,17H,16H2,1H3,(H,28,34)(H,30,33)/b29-15+. The van der Waals surface area contributed by atoms with Crippen LogP contribution >= 0.6 is 11.6 Å². The fraction of sp³-hybridized carbons (Fsp3) is 0.0769. The third-order valence-electron chi connectivity index (χ3n) is 5.05. The zero-order valence-corrected chi connectivity index (χ0v) is 19.6. The van der Waals surface area contributed by atoms with E-state index in [1.165, 1.54) is 6.21 Å². The molecule has 0 saturated carbocycles. The number of carbonyl (C=O) groups is 2. The topological polar surface area (TPSA) is 97.6 Å². The predicted molar refractivity (Wildman–Crippen MR) is 135 cm³/mol. The Hall–Kier alpha value is -4.43. The Balaban J connectivity index is 1.47. The van der Waals surface area contributed by atoms with E-state index in [1.54, 1.807) is 36.1 Å². The molecule has 4 aromatic rings. The quantitative estimate of drug-likeness (QED) is 0.289. The first-order valence-corrected chi connectivity index (χ1v) is 11.1. The van der Waals surface area contributed by atoms with Crippen LogP contribution in [-0.4, -0.2) is 41.5 Å². The molecule has 0 bridgehead atoms. The van der Waals surface area contributed by atoms with Crippen LogP contribution in [-0.2, 0) is 4.79 Å².